The topological polar surface area (TPSA) is 22.4 Å². The second-order valence-electron chi connectivity index (χ2n) is 4.30. The van der Waals surface area contributed by atoms with E-state index in [4.69, 9.17) is 9.15 Å². The van der Waals surface area contributed by atoms with E-state index in [0.29, 0.717) is 6.61 Å². The minimum Gasteiger partial charge on any atom is -0.489 e. The van der Waals surface area contributed by atoms with Crippen LogP contribution in [0.25, 0.3) is 11.0 Å². The molecule has 0 aliphatic rings. The SMILES string of the molecule is Cc1c(OCc2ccccc2)ccc2occc12. The Hall–Kier alpha value is -2.22. The van der Waals surface area contributed by atoms with Gasteiger partial charge < -0.3 is 9.15 Å². The Morgan fingerprint density at radius 3 is 2.67 bits per heavy atom. The third-order valence-corrected chi connectivity index (χ3v) is 3.09. The predicted molar refractivity (Wildman–Crippen MR) is 71.7 cm³/mol. The van der Waals surface area contributed by atoms with E-state index in [0.717, 1.165) is 22.3 Å². The van der Waals surface area contributed by atoms with Gasteiger partial charge in [0.15, 0.2) is 0 Å². The minimum atomic E-state index is 0.588. The van der Waals surface area contributed by atoms with E-state index in [1.165, 1.54) is 5.56 Å². The van der Waals surface area contributed by atoms with Crippen LogP contribution in [-0.4, -0.2) is 0 Å². The highest BCUT2D eigenvalue weighted by molar-refractivity contribution is 5.83. The van der Waals surface area contributed by atoms with Crippen LogP contribution in [-0.2, 0) is 6.61 Å². The van der Waals surface area contributed by atoms with Gasteiger partial charge in [0, 0.05) is 10.9 Å². The van der Waals surface area contributed by atoms with Gasteiger partial charge in [-0.05, 0) is 30.7 Å². The summed E-state index contributed by atoms with van der Waals surface area (Å²) in [5.41, 5.74) is 3.20. The van der Waals surface area contributed by atoms with Crippen LogP contribution in [0.2, 0.25) is 0 Å². The van der Waals surface area contributed by atoms with E-state index in [2.05, 4.69) is 19.1 Å². The lowest BCUT2D eigenvalue weighted by atomic mass is 10.1. The zero-order valence-corrected chi connectivity index (χ0v) is 10.2. The highest BCUT2D eigenvalue weighted by atomic mass is 16.5. The zero-order chi connectivity index (χ0) is 12.4. The van der Waals surface area contributed by atoms with Crippen LogP contribution in [0.1, 0.15) is 11.1 Å². The van der Waals surface area contributed by atoms with Crippen LogP contribution in [0, 0.1) is 6.92 Å². The highest BCUT2D eigenvalue weighted by Gasteiger charge is 2.06. The van der Waals surface area contributed by atoms with Crippen molar-refractivity contribution in [1.82, 2.24) is 0 Å². The fourth-order valence-electron chi connectivity index (χ4n) is 2.06. The van der Waals surface area contributed by atoms with Crippen molar-refractivity contribution in [3.63, 3.8) is 0 Å². The number of benzene rings is 2. The number of rotatable bonds is 3. The Kier molecular flexibility index (Phi) is 2.77. The summed E-state index contributed by atoms with van der Waals surface area (Å²) in [4.78, 5) is 0. The van der Waals surface area contributed by atoms with Gasteiger partial charge >= 0.3 is 0 Å². The normalized spacial score (nSPS) is 10.7. The summed E-state index contributed by atoms with van der Waals surface area (Å²) >= 11 is 0. The van der Waals surface area contributed by atoms with Crippen molar-refractivity contribution in [3.8, 4) is 5.75 Å². The third-order valence-electron chi connectivity index (χ3n) is 3.09. The first-order chi connectivity index (χ1) is 8.84. The minimum absolute atomic E-state index is 0.588. The average Bonchev–Trinajstić information content (AvgIpc) is 2.88. The largest absolute Gasteiger partial charge is 0.489 e. The van der Waals surface area contributed by atoms with Crippen LogP contribution in [0.4, 0.5) is 0 Å². The Morgan fingerprint density at radius 1 is 1.00 bits per heavy atom. The lowest BCUT2D eigenvalue weighted by Crippen LogP contribution is -1.96. The molecule has 0 amide bonds. The fraction of sp³-hybridized carbons (Fsp3) is 0.125. The van der Waals surface area contributed by atoms with Gasteiger partial charge in [-0.2, -0.15) is 0 Å². The van der Waals surface area contributed by atoms with Crippen molar-refractivity contribution in [3.05, 3.63) is 65.9 Å². The van der Waals surface area contributed by atoms with Crippen LogP contribution >= 0.6 is 0 Å². The molecule has 1 aromatic heterocycles. The molecular weight excluding hydrogens is 224 g/mol. The number of aryl methyl sites for hydroxylation is 1. The maximum absolute atomic E-state index is 5.86. The van der Waals surface area contributed by atoms with Crippen molar-refractivity contribution in [2.24, 2.45) is 0 Å². The van der Waals surface area contributed by atoms with Gasteiger partial charge in [-0.1, -0.05) is 30.3 Å². The van der Waals surface area contributed by atoms with Gasteiger partial charge in [-0.3, -0.25) is 0 Å². The summed E-state index contributed by atoms with van der Waals surface area (Å²) in [6.45, 7) is 2.64. The van der Waals surface area contributed by atoms with E-state index in [1.54, 1.807) is 6.26 Å². The van der Waals surface area contributed by atoms with Gasteiger partial charge in [-0.25, -0.2) is 0 Å². The lowest BCUT2D eigenvalue weighted by molar-refractivity contribution is 0.304. The molecular formula is C16H14O2. The van der Waals surface area contributed by atoms with Crippen LogP contribution in [0.5, 0.6) is 5.75 Å². The number of fused-ring (bicyclic) bond motifs is 1. The first-order valence-corrected chi connectivity index (χ1v) is 5.98. The van der Waals surface area contributed by atoms with Gasteiger partial charge in [0.2, 0.25) is 0 Å². The molecule has 1 heterocycles. The Bertz CT molecular complexity index is 653. The van der Waals surface area contributed by atoms with Crippen molar-refractivity contribution >= 4 is 11.0 Å². The Morgan fingerprint density at radius 2 is 1.83 bits per heavy atom. The third kappa shape index (κ3) is 1.97. The molecule has 3 aromatic rings. The van der Waals surface area contributed by atoms with Crippen LogP contribution in [0.15, 0.2) is 59.2 Å². The summed E-state index contributed by atoms with van der Waals surface area (Å²) < 4.78 is 11.2. The second kappa shape index (κ2) is 4.57. The van der Waals surface area contributed by atoms with E-state index in [-0.39, 0.29) is 0 Å². The Labute approximate surface area is 106 Å². The molecule has 0 aliphatic heterocycles. The number of hydrogen-bond donors (Lipinski definition) is 0. The number of ether oxygens (including phenoxy) is 1. The molecule has 0 saturated carbocycles. The molecule has 2 aromatic carbocycles. The lowest BCUT2D eigenvalue weighted by Gasteiger charge is -2.09. The fourth-order valence-corrected chi connectivity index (χ4v) is 2.06. The van der Waals surface area contributed by atoms with Crippen molar-refractivity contribution in [2.45, 2.75) is 13.5 Å². The van der Waals surface area contributed by atoms with Crippen molar-refractivity contribution < 1.29 is 9.15 Å². The van der Waals surface area contributed by atoms with Crippen LogP contribution in [0.3, 0.4) is 0 Å². The highest BCUT2D eigenvalue weighted by Crippen LogP contribution is 2.28. The number of furan rings is 1. The van der Waals surface area contributed by atoms with E-state index >= 15 is 0 Å². The molecule has 3 rings (SSSR count). The van der Waals surface area contributed by atoms with Gasteiger partial charge in [0.1, 0.15) is 17.9 Å². The second-order valence-corrected chi connectivity index (χ2v) is 4.30. The quantitative estimate of drug-likeness (QED) is 0.678. The van der Waals surface area contributed by atoms with Crippen molar-refractivity contribution in [2.75, 3.05) is 0 Å². The molecule has 0 spiro atoms. The van der Waals surface area contributed by atoms with Gasteiger partial charge in [-0.15, -0.1) is 0 Å². The maximum Gasteiger partial charge on any atom is 0.134 e. The smallest absolute Gasteiger partial charge is 0.134 e. The van der Waals surface area contributed by atoms with E-state index in [1.807, 2.05) is 36.4 Å². The summed E-state index contributed by atoms with van der Waals surface area (Å²) in [6, 6.07) is 16.0. The first-order valence-electron chi connectivity index (χ1n) is 5.98. The molecule has 0 bridgehead atoms. The molecule has 0 aliphatic carbocycles. The molecule has 0 atom stereocenters. The summed E-state index contributed by atoms with van der Waals surface area (Å²) in [7, 11) is 0. The zero-order valence-electron chi connectivity index (χ0n) is 10.2. The predicted octanol–water partition coefficient (Wildman–Crippen LogP) is 4.32. The monoisotopic (exact) mass is 238 g/mol. The van der Waals surface area contributed by atoms with E-state index in [9.17, 15) is 0 Å². The molecule has 18 heavy (non-hydrogen) atoms. The van der Waals surface area contributed by atoms with Crippen molar-refractivity contribution in [1.29, 1.82) is 0 Å². The molecule has 2 heteroatoms. The Balaban J connectivity index is 1.84. The van der Waals surface area contributed by atoms with Gasteiger partial charge in [0.05, 0.1) is 6.26 Å². The molecule has 2 nitrogen and oxygen atoms in total. The molecule has 0 fully saturated rings. The molecule has 90 valence electrons. The summed E-state index contributed by atoms with van der Waals surface area (Å²) in [5.74, 6) is 0.910. The standard InChI is InChI=1S/C16H14O2/c1-12-14-9-10-17-16(14)8-7-15(12)18-11-13-5-3-2-4-6-13/h2-10H,11H2,1H3. The molecule has 0 unspecified atom stereocenters. The molecule has 0 radical (unpaired) electrons. The first kappa shape index (κ1) is 10.9. The average molecular weight is 238 g/mol. The number of hydrogen-bond acceptors (Lipinski definition) is 2. The van der Waals surface area contributed by atoms with E-state index < -0.39 is 0 Å². The molecule has 0 saturated heterocycles. The maximum atomic E-state index is 5.86. The summed E-state index contributed by atoms with van der Waals surface area (Å²) in [6.07, 6.45) is 1.71. The summed E-state index contributed by atoms with van der Waals surface area (Å²) in [5, 5.41) is 1.11. The van der Waals surface area contributed by atoms with Gasteiger partial charge in [0.25, 0.3) is 0 Å². The van der Waals surface area contributed by atoms with Crippen LogP contribution < -0.4 is 4.74 Å². The molecule has 0 N–H and O–H groups in total.